The monoisotopic (exact) mass is 179 g/mol. The van der Waals surface area contributed by atoms with Crippen molar-refractivity contribution < 1.29 is 4.79 Å². The van der Waals surface area contributed by atoms with Crippen LogP contribution in [0.2, 0.25) is 0 Å². The second-order valence-corrected chi connectivity index (χ2v) is 2.38. The van der Waals surface area contributed by atoms with E-state index in [9.17, 15) is 4.79 Å². The van der Waals surface area contributed by atoms with E-state index in [0.717, 1.165) is 0 Å². The Morgan fingerprint density at radius 2 is 2.23 bits per heavy atom. The molecule has 0 radical (unpaired) electrons. The van der Waals surface area contributed by atoms with Gasteiger partial charge >= 0.3 is 0 Å². The molecule has 1 heterocycles. The normalized spacial score (nSPS) is 9.31. The maximum Gasteiger partial charge on any atom is 0.222 e. The van der Waals surface area contributed by atoms with Gasteiger partial charge in [0.15, 0.2) is 5.82 Å². The largest absolute Gasteiger partial charge is 0.382 e. The number of carbonyl (C=O) groups is 1. The molecule has 0 saturated carbocycles. The maximum atomic E-state index is 10.6. The van der Waals surface area contributed by atoms with Crippen molar-refractivity contribution in [2.75, 3.05) is 5.32 Å². The SMILES string of the molecule is CC(=O)Nc1cnc(C(=N)N)cn1. The number of aromatic nitrogens is 2. The third kappa shape index (κ3) is 2.51. The van der Waals surface area contributed by atoms with Gasteiger partial charge in [-0.05, 0) is 0 Å². The lowest BCUT2D eigenvalue weighted by Crippen LogP contribution is -2.14. The zero-order chi connectivity index (χ0) is 9.84. The number of hydrogen-bond acceptors (Lipinski definition) is 4. The molecule has 4 N–H and O–H groups in total. The predicted octanol–water partition coefficient (Wildman–Crippen LogP) is -0.281. The summed E-state index contributed by atoms with van der Waals surface area (Å²) in [6.07, 6.45) is 2.67. The number of carbonyl (C=O) groups excluding carboxylic acids is 1. The second-order valence-electron chi connectivity index (χ2n) is 2.38. The molecule has 68 valence electrons. The summed E-state index contributed by atoms with van der Waals surface area (Å²) in [7, 11) is 0. The Kier molecular flexibility index (Phi) is 2.53. The van der Waals surface area contributed by atoms with E-state index in [1.807, 2.05) is 0 Å². The van der Waals surface area contributed by atoms with Crippen LogP contribution in [0.1, 0.15) is 12.6 Å². The van der Waals surface area contributed by atoms with E-state index in [4.69, 9.17) is 11.1 Å². The van der Waals surface area contributed by atoms with Gasteiger partial charge in [0.25, 0.3) is 0 Å². The Bertz CT molecular complexity index is 331. The number of nitrogens with one attached hydrogen (secondary N) is 2. The number of anilines is 1. The van der Waals surface area contributed by atoms with E-state index >= 15 is 0 Å². The van der Waals surface area contributed by atoms with Crippen molar-refractivity contribution >= 4 is 17.6 Å². The zero-order valence-electron chi connectivity index (χ0n) is 7.03. The average molecular weight is 179 g/mol. The second kappa shape index (κ2) is 3.61. The molecule has 1 amide bonds. The van der Waals surface area contributed by atoms with Crippen LogP contribution in [0.25, 0.3) is 0 Å². The average Bonchev–Trinajstić information content (AvgIpc) is 2.04. The van der Waals surface area contributed by atoms with E-state index in [2.05, 4.69) is 15.3 Å². The maximum absolute atomic E-state index is 10.6. The lowest BCUT2D eigenvalue weighted by Gasteiger charge is -2.00. The molecular weight excluding hydrogens is 170 g/mol. The zero-order valence-corrected chi connectivity index (χ0v) is 7.03. The number of hydrogen-bond donors (Lipinski definition) is 3. The molecule has 0 aliphatic carbocycles. The van der Waals surface area contributed by atoms with Crippen LogP contribution < -0.4 is 11.1 Å². The summed E-state index contributed by atoms with van der Waals surface area (Å²) in [6.45, 7) is 1.38. The van der Waals surface area contributed by atoms with Gasteiger partial charge in [0.2, 0.25) is 5.91 Å². The highest BCUT2D eigenvalue weighted by atomic mass is 16.1. The van der Waals surface area contributed by atoms with Gasteiger partial charge in [-0.1, -0.05) is 0 Å². The summed E-state index contributed by atoms with van der Waals surface area (Å²) in [5, 5.41) is 9.48. The smallest absolute Gasteiger partial charge is 0.222 e. The van der Waals surface area contributed by atoms with Crippen molar-refractivity contribution in [3.05, 3.63) is 18.1 Å². The quantitative estimate of drug-likeness (QED) is 0.429. The van der Waals surface area contributed by atoms with Gasteiger partial charge in [-0.3, -0.25) is 10.2 Å². The first-order chi connectivity index (χ1) is 6.09. The van der Waals surface area contributed by atoms with Crippen LogP contribution in [0.4, 0.5) is 5.82 Å². The Balaban J connectivity index is 2.81. The van der Waals surface area contributed by atoms with Crippen molar-refractivity contribution in [3.63, 3.8) is 0 Å². The van der Waals surface area contributed by atoms with Crippen LogP contribution in [0.15, 0.2) is 12.4 Å². The predicted molar refractivity (Wildman–Crippen MR) is 47.4 cm³/mol. The van der Waals surface area contributed by atoms with Crippen molar-refractivity contribution in [1.82, 2.24) is 9.97 Å². The summed E-state index contributed by atoms with van der Waals surface area (Å²) >= 11 is 0. The molecule has 0 aliphatic heterocycles. The fraction of sp³-hybridized carbons (Fsp3) is 0.143. The first-order valence-corrected chi connectivity index (χ1v) is 3.53. The summed E-state index contributed by atoms with van der Waals surface area (Å²) in [4.78, 5) is 18.2. The van der Waals surface area contributed by atoms with E-state index in [0.29, 0.717) is 5.82 Å². The number of nitrogen functional groups attached to an aromatic ring is 1. The fourth-order valence-corrected chi connectivity index (χ4v) is 0.712. The Hall–Kier alpha value is -1.98. The first kappa shape index (κ1) is 9.11. The third-order valence-corrected chi connectivity index (χ3v) is 1.23. The van der Waals surface area contributed by atoms with Crippen molar-refractivity contribution in [1.29, 1.82) is 5.41 Å². The standard InChI is InChI=1S/C7H9N5O/c1-4(13)12-6-3-10-5(2-11-6)7(8)9/h2-3H,1H3,(H3,8,9)(H,11,12,13). The summed E-state index contributed by atoms with van der Waals surface area (Å²) < 4.78 is 0. The molecule has 0 unspecified atom stereocenters. The topological polar surface area (TPSA) is 105 Å². The summed E-state index contributed by atoms with van der Waals surface area (Å²) in [5.41, 5.74) is 5.44. The highest BCUT2D eigenvalue weighted by Crippen LogP contribution is 1.99. The van der Waals surface area contributed by atoms with E-state index < -0.39 is 0 Å². The number of nitrogens with two attached hydrogens (primary N) is 1. The molecule has 6 heteroatoms. The van der Waals surface area contributed by atoms with Crippen LogP contribution in [0.3, 0.4) is 0 Å². The van der Waals surface area contributed by atoms with E-state index in [1.165, 1.54) is 19.3 Å². The van der Waals surface area contributed by atoms with Crippen molar-refractivity contribution in [3.8, 4) is 0 Å². The van der Waals surface area contributed by atoms with E-state index in [-0.39, 0.29) is 17.4 Å². The van der Waals surface area contributed by atoms with Gasteiger partial charge in [-0.25, -0.2) is 9.97 Å². The number of nitrogens with zero attached hydrogens (tertiary/aromatic N) is 2. The molecule has 0 spiro atoms. The van der Waals surface area contributed by atoms with Crippen LogP contribution in [0, 0.1) is 5.41 Å². The molecule has 0 aliphatic rings. The molecule has 0 fully saturated rings. The summed E-state index contributed by atoms with van der Waals surface area (Å²) in [6, 6.07) is 0. The minimum atomic E-state index is -0.218. The molecular formula is C7H9N5O. The highest BCUT2D eigenvalue weighted by Gasteiger charge is 2.00. The van der Waals surface area contributed by atoms with Gasteiger partial charge < -0.3 is 11.1 Å². The Labute approximate surface area is 74.7 Å². The molecule has 0 aromatic carbocycles. The lowest BCUT2D eigenvalue weighted by molar-refractivity contribution is -0.114. The fourth-order valence-electron chi connectivity index (χ4n) is 0.712. The highest BCUT2D eigenvalue weighted by molar-refractivity contribution is 5.93. The van der Waals surface area contributed by atoms with Gasteiger partial charge in [0.1, 0.15) is 11.5 Å². The van der Waals surface area contributed by atoms with E-state index in [1.54, 1.807) is 0 Å². The molecule has 0 saturated heterocycles. The Morgan fingerprint density at radius 3 is 2.62 bits per heavy atom. The molecule has 6 nitrogen and oxygen atoms in total. The van der Waals surface area contributed by atoms with Crippen LogP contribution in [0.5, 0.6) is 0 Å². The number of amidine groups is 1. The molecule has 13 heavy (non-hydrogen) atoms. The van der Waals surface area contributed by atoms with Gasteiger partial charge in [0.05, 0.1) is 12.4 Å². The molecule has 1 rings (SSSR count). The molecule has 0 bridgehead atoms. The lowest BCUT2D eigenvalue weighted by atomic mass is 10.4. The van der Waals surface area contributed by atoms with Gasteiger partial charge in [0, 0.05) is 6.92 Å². The van der Waals surface area contributed by atoms with Crippen LogP contribution in [-0.4, -0.2) is 21.7 Å². The first-order valence-electron chi connectivity index (χ1n) is 3.53. The van der Waals surface area contributed by atoms with Gasteiger partial charge in [-0.2, -0.15) is 0 Å². The molecule has 0 atom stereocenters. The number of rotatable bonds is 2. The Morgan fingerprint density at radius 1 is 1.54 bits per heavy atom. The van der Waals surface area contributed by atoms with Crippen LogP contribution in [-0.2, 0) is 4.79 Å². The minimum absolute atomic E-state index is 0.151. The van der Waals surface area contributed by atoms with Crippen LogP contribution >= 0.6 is 0 Å². The molecule has 1 aromatic heterocycles. The van der Waals surface area contributed by atoms with Crippen molar-refractivity contribution in [2.45, 2.75) is 6.92 Å². The number of amides is 1. The van der Waals surface area contributed by atoms with Crippen molar-refractivity contribution in [2.24, 2.45) is 5.73 Å². The third-order valence-electron chi connectivity index (χ3n) is 1.23. The molecule has 1 aromatic rings. The minimum Gasteiger partial charge on any atom is -0.382 e. The summed E-state index contributed by atoms with van der Waals surface area (Å²) in [5.74, 6) is -0.0238. The van der Waals surface area contributed by atoms with Gasteiger partial charge in [-0.15, -0.1) is 0 Å².